The van der Waals surface area contributed by atoms with E-state index in [0.717, 1.165) is 6.07 Å². The van der Waals surface area contributed by atoms with Gasteiger partial charge in [-0.15, -0.1) is 0 Å². The van der Waals surface area contributed by atoms with Crippen molar-refractivity contribution in [2.45, 2.75) is 49.5 Å². The largest absolute Gasteiger partial charge is 0.379 e. The van der Waals surface area contributed by atoms with Crippen LogP contribution >= 0.6 is 0 Å². The first kappa shape index (κ1) is 21.3. The zero-order valence-electron chi connectivity index (χ0n) is 15.2. The highest BCUT2D eigenvalue weighted by atomic mass is 32.2. The van der Waals surface area contributed by atoms with Gasteiger partial charge in [0, 0.05) is 12.6 Å². The number of aryl methyl sites for hydroxylation is 1. The minimum absolute atomic E-state index is 0.0477. The fourth-order valence-electron chi connectivity index (χ4n) is 2.96. The van der Waals surface area contributed by atoms with Gasteiger partial charge < -0.3 is 10.1 Å². The third-order valence-electron chi connectivity index (χ3n) is 4.34. The molecule has 1 N–H and O–H groups in total. The summed E-state index contributed by atoms with van der Waals surface area (Å²) in [5.41, 5.74) is 0.210. The molecule has 0 aromatic heterocycles. The summed E-state index contributed by atoms with van der Waals surface area (Å²) < 4.78 is 68.8. The lowest BCUT2D eigenvalue weighted by molar-refractivity contribution is 0.0768. The van der Waals surface area contributed by atoms with Crippen LogP contribution in [0.15, 0.2) is 23.1 Å². The standard InChI is InChI=1S/C17H26FNO5S2/c1-12(2)24-8-4-7-19-16-10-25(20,21)11-17(16)26(22,23)14-5-6-15(18)13(3)9-14/h5-6,9,12,16-17,19H,4,7-8,10-11H2,1-3H3. The lowest BCUT2D eigenvalue weighted by Gasteiger charge is -2.20. The van der Waals surface area contributed by atoms with Crippen LogP contribution in [0.25, 0.3) is 0 Å². The van der Waals surface area contributed by atoms with Crippen LogP contribution in [-0.2, 0) is 24.4 Å². The average Bonchev–Trinajstić information content (AvgIpc) is 2.85. The molecule has 148 valence electrons. The Kier molecular flexibility index (Phi) is 6.81. The molecule has 2 rings (SSSR count). The fourth-order valence-corrected chi connectivity index (χ4v) is 7.76. The molecule has 0 saturated carbocycles. The van der Waals surface area contributed by atoms with Crippen molar-refractivity contribution in [2.75, 3.05) is 24.7 Å². The second kappa shape index (κ2) is 8.33. The van der Waals surface area contributed by atoms with E-state index in [4.69, 9.17) is 4.74 Å². The maximum absolute atomic E-state index is 13.4. The Morgan fingerprint density at radius 1 is 1.31 bits per heavy atom. The first-order valence-corrected chi connectivity index (χ1v) is 11.9. The Morgan fingerprint density at radius 3 is 2.62 bits per heavy atom. The average molecular weight is 408 g/mol. The van der Waals surface area contributed by atoms with E-state index in [2.05, 4.69) is 5.32 Å². The molecule has 26 heavy (non-hydrogen) atoms. The summed E-state index contributed by atoms with van der Waals surface area (Å²) in [5, 5.41) is 1.97. The SMILES string of the molecule is Cc1cc(S(=O)(=O)C2CS(=O)(=O)CC2NCCCOC(C)C)ccc1F. The molecule has 0 spiro atoms. The van der Waals surface area contributed by atoms with Gasteiger partial charge in [-0.25, -0.2) is 21.2 Å². The van der Waals surface area contributed by atoms with Gasteiger partial charge in [0.2, 0.25) is 0 Å². The highest BCUT2D eigenvalue weighted by Gasteiger charge is 2.45. The highest BCUT2D eigenvalue weighted by molar-refractivity contribution is 7.96. The van der Waals surface area contributed by atoms with E-state index < -0.39 is 42.5 Å². The summed E-state index contributed by atoms with van der Waals surface area (Å²) in [6.07, 6.45) is 0.758. The molecule has 2 unspecified atom stereocenters. The molecule has 6 nitrogen and oxygen atoms in total. The van der Waals surface area contributed by atoms with Crippen molar-refractivity contribution in [3.05, 3.63) is 29.6 Å². The van der Waals surface area contributed by atoms with E-state index in [9.17, 15) is 21.2 Å². The highest BCUT2D eigenvalue weighted by Crippen LogP contribution is 2.27. The van der Waals surface area contributed by atoms with Crippen molar-refractivity contribution in [1.82, 2.24) is 5.32 Å². The van der Waals surface area contributed by atoms with Gasteiger partial charge in [0.1, 0.15) is 5.82 Å². The molecule has 1 aliphatic heterocycles. The van der Waals surface area contributed by atoms with Crippen LogP contribution in [0.2, 0.25) is 0 Å². The maximum atomic E-state index is 13.4. The van der Waals surface area contributed by atoms with Gasteiger partial charge >= 0.3 is 0 Å². The summed E-state index contributed by atoms with van der Waals surface area (Å²) in [6, 6.07) is 2.85. The van der Waals surface area contributed by atoms with Crippen LogP contribution in [0.3, 0.4) is 0 Å². The van der Waals surface area contributed by atoms with Gasteiger partial charge in [0.15, 0.2) is 19.7 Å². The predicted molar refractivity (Wildman–Crippen MR) is 98.3 cm³/mol. The molecule has 1 heterocycles. The van der Waals surface area contributed by atoms with Gasteiger partial charge in [-0.2, -0.15) is 0 Å². The smallest absolute Gasteiger partial charge is 0.183 e. The molecule has 0 bridgehead atoms. The van der Waals surface area contributed by atoms with Crippen molar-refractivity contribution >= 4 is 19.7 Å². The van der Waals surface area contributed by atoms with Crippen LogP contribution in [0, 0.1) is 12.7 Å². The lowest BCUT2D eigenvalue weighted by atomic mass is 10.2. The predicted octanol–water partition coefficient (Wildman–Crippen LogP) is 1.48. The van der Waals surface area contributed by atoms with E-state index in [1.54, 1.807) is 0 Å². The van der Waals surface area contributed by atoms with Crippen LogP contribution in [-0.4, -0.2) is 58.9 Å². The number of sulfone groups is 2. The summed E-state index contributed by atoms with van der Waals surface area (Å²) in [6.45, 7) is 6.29. The number of rotatable bonds is 8. The Morgan fingerprint density at radius 2 is 2.00 bits per heavy atom. The van der Waals surface area contributed by atoms with Crippen molar-refractivity contribution in [3.63, 3.8) is 0 Å². The van der Waals surface area contributed by atoms with E-state index in [1.165, 1.54) is 19.1 Å². The molecule has 0 radical (unpaired) electrons. The Labute approximate surface area is 155 Å². The Balaban J connectivity index is 2.14. The molecule has 1 saturated heterocycles. The summed E-state index contributed by atoms with van der Waals surface area (Å²) in [7, 11) is -7.35. The monoisotopic (exact) mass is 407 g/mol. The third-order valence-corrected chi connectivity index (χ3v) is 8.48. The van der Waals surface area contributed by atoms with Crippen LogP contribution in [0.4, 0.5) is 4.39 Å². The van der Waals surface area contributed by atoms with E-state index >= 15 is 0 Å². The summed E-state index contributed by atoms with van der Waals surface area (Å²) in [5.74, 6) is -1.14. The molecule has 1 aromatic rings. The van der Waals surface area contributed by atoms with E-state index in [1.807, 2.05) is 13.8 Å². The van der Waals surface area contributed by atoms with Crippen molar-refractivity contribution in [2.24, 2.45) is 0 Å². The Bertz CT molecular complexity index is 837. The molecular formula is C17H26FNO5S2. The molecule has 9 heteroatoms. The van der Waals surface area contributed by atoms with Crippen molar-refractivity contribution in [1.29, 1.82) is 0 Å². The minimum Gasteiger partial charge on any atom is -0.379 e. The second-order valence-electron chi connectivity index (χ2n) is 6.91. The first-order valence-electron chi connectivity index (χ1n) is 8.58. The number of hydrogen-bond acceptors (Lipinski definition) is 6. The van der Waals surface area contributed by atoms with E-state index in [0.29, 0.717) is 19.6 Å². The number of ether oxygens (including phenoxy) is 1. The number of halogens is 1. The quantitative estimate of drug-likeness (QED) is 0.519. The molecule has 2 atom stereocenters. The molecule has 1 aromatic carbocycles. The zero-order valence-corrected chi connectivity index (χ0v) is 16.9. The number of benzene rings is 1. The normalized spacial score (nSPS) is 22.8. The number of hydrogen-bond donors (Lipinski definition) is 1. The Hall–Kier alpha value is -1.03. The van der Waals surface area contributed by atoms with Gasteiger partial charge in [0.05, 0.1) is 27.8 Å². The van der Waals surface area contributed by atoms with Crippen LogP contribution in [0.5, 0.6) is 0 Å². The first-order chi connectivity index (χ1) is 12.0. The van der Waals surface area contributed by atoms with Crippen LogP contribution < -0.4 is 5.32 Å². The lowest BCUT2D eigenvalue weighted by Crippen LogP contribution is -2.43. The summed E-state index contributed by atoms with van der Waals surface area (Å²) >= 11 is 0. The van der Waals surface area contributed by atoms with Gasteiger partial charge in [0.25, 0.3) is 0 Å². The molecule has 1 fully saturated rings. The maximum Gasteiger partial charge on any atom is 0.183 e. The fraction of sp³-hybridized carbons (Fsp3) is 0.647. The minimum atomic E-state index is -3.89. The number of nitrogens with one attached hydrogen (secondary N) is 1. The van der Waals surface area contributed by atoms with Gasteiger partial charge in [-0.05, 0) is 57.5 Å². The second-order valence-corrected chi connectivity index (χ2v) is 11.2. The summed E-state index contributed by atoms with van der Waals surface area (Å²) in [4.78, 5) is -0.0477. The molecular weight excluding hydrogens is 381 g/mol. The van der Waals surface area contributed by atoms with Crippen molar-refractivity contribution in [3.8, 4) is 0 Å². The van der Waals surface area contributed by atoms with Gasteiger partial charge in [-0.1, -0.05) is 0 Å². The molecule has 1 aliphatic rings. The van der Waals surface area contributed by atoms with Gasteiger partial charge in [-0.3, -0.25) is 0 Å². The molecule has 0 amide bonds. The van der Waals surface area contributed by atoms with Crippen molar-refractivity contribution < 1.29 is 26.0 Å². The van der Waals surface area contributed by atoms with E-state index in [-0.39, 0.29) is 22.3 Å². The zero-order chi connectivity index (χ0) is 19.5. The topological polar surface area (TPSA) is 89.5 Å². The molecule has 0 aliphatic carbocycles. The third kappa shape index (κ3) is 5.25. The van der Waals surface area contributed by atoms with Crippen LogP contribution in [0.1, 0.15) is 25.8 Å².